The molecule has 2 aromatic rings. The molecule has 0 aliphatic carbocycles. The lowest BCUT2D eigenvalue weighted by Crippen LogP contribution is -2.13. The third-order valence-corrected chi connectivity index (χ3v) is 4.46. The fourth-order valence-corrected chi connectivity index (χ4v) is 3.14. The van der Waals surface area contributed by atoms with Gasteiger partial charge in [-0.1, -0.05) is 23.5 Å². The molecule has 18 heavy (non-hydrogen) atoms. The Morgan fingerprint density at radius 1 is 1.28 bits per heavy atom. The number of benzene rings is 1. The van der Waals surface area contributed by atoms with Crippen LogP contribution in [0.2, 0.25) is 0 Å². The van der Waals surface area contributed by atoms with E-state index in [1.807, 2.05) is 0 Å². The number of hydrogen-bond acceptors (Lipinski definition) is 6. The quantitative estimate of drug-likeness (QED) is 0.876. The Bertz CT molecular complexity index is 634. The average Bonchev–Trinajstić information content (AvgIpc) is 2.74. The second-order valence-corrected chi connectivity index (χ2v) is 6.44. The Morgan fingerprint density at radius 2 is 1.94 bits per heavy atom. The van der Waals surface area contributed by atoms with Gasteiger partial charge < -0.3 is 5.73 Å². The fraction of sp³-hybridized carbons (Fsp3) is 0.200. The summed E-state index contributed by atoms with van der Waals surface area (Å²) in [6.07, 6.45) is 0. The summed E-state index contributed by atoms with van der Waals surface area (Å²) in [6, 6.07) is 6.39. The predicted molar refractivity (Wildman–Crippen MR) is 69.8 cm³/mol. The summed E-state index contributed by atoms with van der Waals surface area (Å²) in [4.78, 5) is 0.174. The molecule has 0 amide bonds. The smallest absolute Gasteiger partial charge is 0.263 e. The van der Waals surface area contributed by atoms with E-state index in [4.69, 9.17) is 5.73 Å². The summed E-state index contributed by atoms with van der Waals surface area (Å²) >= 11 is 1.18. The Kier molecular flexibility index (Phi) is 3.60. The number of hydrogen-bond donors (Lipinski definition) is 2. The maximum atomic E-state index is 12.0. The van der Waals surface area contributed by atoms with Crippen molar-refractivity contribution in [2.75, 3.05) is 4.72 Å². The highest BCUT2D eigenvalue weighted by Crippen LogP contribution is 2.19. The third kappa shape index (κ3) is 2.84. The Labute approximate surface area is 109 Å². The molecule has 1 aromatic heterocycles. The minimum Gasteiger partial charge on any atom is -0.326 e. The zero-order valence-corrected chi connectivity index (χ0v) is 11.3. The number of nitrogens with one attached hydrogen (secondary N) is 1. The van der Waals surface area contributed by atoms with E-state index < -0.39 is 10.0 Å². The fourth-order valence-electron chi connectivity index (χ4n) is 1.32. The molecule has 0 spiro atoms. The van der Waals surface area contributed by atoms with Crippen LogP contribution in [0.3, 0.4) is 0 Å². The van der Waals surface area contributed by atoms with E-state index in [0.717, 1.165) is 5.56 Å². The van der Waals surface area contributed by atoms with Crippen LogP contribution in [0.15, 0.2) is 29.2 Å². The summed E-state index contributed by atoms with van der Waals surface area (Å²) in [5.41, 5.74) is 6.33. The molecular formula is C10H12N4O2S2. The van der Waals surface area contributed by atoms with Crippen LogP contribution in [0.1, 0.15) is 10.6 Å². The first-order chi connectivity index (χ1) is 8.51. The highest BCUT2D eigenvalue weighted by Gasteiger charge is 2.15. The Balaban J connectivity index is 2.24. The highest BCUT2D eigenvalue weighted by molar-refractivity contribution is 7.93. The van der Waals surface area contributed by atoms with Crippen molar-refractivity contribution in [2.24, 2.45) is 5.73 Å². The van der Waals surface area contributed by atoms with Crippen molar-refractivity contribution in [3.8, 4) is 0 Å². The molecule has 1 aromatic carbocycles. The van der Waals surface area contributed by atoms with Crippen LogP contribution in [-0.2, 0) is 16.6 Å². The minimum absolute atomic E-state index is 0.174. The predicted octanol–water partition coefficient (Wildman–Crippen LogP) is 1.11. The van der Waals surface area contributed by atoms with Gasteiger partial charge in [0.1, 0.15) is 5.01 Å². The topological polar surface area (TPSA) is 98.0 Å². The second kappa shape index (κ2) is 5.01. The molecule has 8 heteroatoms. The monoisotopic (exact) mass is 284 g/mol. The van der Waals surface area contributed by atoms with Crippen LogP contribution in [0, 0.1) is 6.92 Å². The molecule has 0 atom stereocenters. The maximum absolute atomic E-state index is 12.0. The molecule has 3 N–H and O–H groups in total. The summed E-state index contributed by atoms with van der Waals surface area (Å²) in [6.45, 7) is 2.13. The van der Waals surface area contributed by atoms with E-state index >= 15 is 0 Å². The largest absolute Gasteiger partial charge is 0.326 e. The molecule has 0 aliphatic heterocycles. The van der Waals surface area contributed by atoms with Gasteiger partial charge in [-0.15, -0.1) is 10.2 Å². The van der Waals surface area contributed by atoms with Crippen molar-refractivity contribution in [3.63, 3.8) is 0 Å². The number of nitrogens with zero attached hydrogens (tertiary/aromatic N) is 2. The molecular weight excluding hydrogens is 272 g/mol. The van der Waals surface area contributed by atoms with Crippen LogP contribution in [0.25, 0.3) is 0 Å². The van der Waals surface area contributed by atoms with Crippen molar-refractivity contribution >= 4 is 26.5 Å². The Hall–Kier alpha value is -1.51. The van der Waals surface area contributed by atoms with Crippen molar-refractivity contribution < 1.29 is 8.42 Å². The summed E-state index contributed by atoms with van der Waals surface area (Å²) < 4.78 is 26.4. The van der Waals surface area contributed by atoms with Gasteiger partial charge in [0, 0.05) is 6.54 Å². The van der Waals surface area contributed by atoms with Crippen LogP contribution in [0.4, 0.5) is 5.13 Å². The lowest BCUT2D eigenvalue weighted by atomic mass is 10.2. The molecule has 0 radical (unpaired) electrons. The van der Waals surface area contributed by atoms with E-state index in [-0.39, 0.29) is 10.0 Å². The van der Waals surface area contributed by atoms with Gasteiger partial charge in [-0.2, -0.15) is 0 Å². The standard InChI is InChI=1S/C10H12N4O2S2/c1-7-12-13-10(17-7)14-18(15,16)9-4-2-8(6-11)3-5-9/h2-5H,6,11H2,1H3,(H,13,14). The molecule has 0 saturated heterocycles. The van der Waals surface area contributed by atoms with Crippen molar-refractivity contribution in [1.29, 1.82) is 0 Å². The van der Waals surface area contributed by atoms with Crippen LogP contribution < -0.4 is 10.5 Å². The molecule has 6 nitrogen and oxygen atoms in total. The molecule has 2 rings (SSSR count). The van der Waals surface area contributed by atoms with Crippen LogP contribution in [0.5, 0.6) is 0 Å². The molecule has 1 heterocycles. The summed E-state index contributed by atoms with van der Waals surface area (Å²) in [7, 11) is -3.61. The van der Waals surface area contributed by atoms with E-state index in [1.165, 1.54) is 23.5 Å². The minimum atomic E-state index is -3.61. The number of rotatable bonds is 4. The van der Waals surface area contributed by atoms with Gasteiger partial charge in [0.05, 0.1) is 4.90 Å². The van der Waals surface area contributed by atoms with Crippen molar-refractivity contribution in [1.82, 2.24) is 10.2 Å². The van der Waals surface area contributed by atoms with Gasteiger partial charge in [-0.3, -0.25) is 4.72 Å². The van der Waals surface area contributed by atoms with E-state index in [1.54, 1.807) is 19.1 Å². The van der Waals surface area contributed by atoms with Crippen molar-refractivity contribution in [3.05, 3.63) is 34.8 Å². The summed E-state index contributed by atoms with van der Waals surface area (Å²) in [5, 5.41) is 8.43. The second-order valence-electron chi connectivity index (χ2n) is 3.58. The molecule has 0 saturated carbocycles. The molecule has 0 unspecified atom stereocenters. The van der Waals surface area contributed by atoms with Gasteiger partial charge in [-0.05, 0) is 24.6 Å². The first kappa shape index (κ1) is 12.9. The van der Waals surface area contributed by atoms with Crippen LogP contribution >= 0.6 is 11.3 Å². The molecule has 0 aliphatic rings. The van der Waals surface area contributed by atoms with Gasteiger partial charge in [0.25, 0.3) is 10.0 Å². The molecule has 0 fully saturated rings. The number of nitrogens with two attached hydrogens (primary N) is 1. The average molecular weight is 284 g/mol. The van der Waals surface area contributed by atoms with Gasteiger partial charge in [0.2, 0.25) is 5.13 Å². The first-order valence-electron chi connectivity index (χ1n) is 5.13. The number of aryl methyl sites for hydroxylation is 1. The SMILES string of the molecule is Cc1nnc(NS(=O)(=O)c2ccc(CN)cc2)s1. The van der Waals surface area contributed by atoms with E-state index in [9.17, 15) is 8.42 Å². The number of sulfonamides is 1. The zero-order valence-electron chi connectivity index (χ0n) is 9.62. The molecule has 96 valence electrons. The van der Waals surface area contributed by atoms with Crippen molar-refractivity contribution in [2.45, 2.75) is 18.4 Å². The van der Waals surface area contributed by atoms with E-state index in [0.29, 0.717) is 11.6 Å². The van der Waals surface area contributed by atoms with Crippen LogP contribution in [-0.4, -0.2) is 18.6 Å². The first-order valence-corrected chi connectivity index (χ1v) is 7.43. The number of anilines is 1. The normalized spacial score (nSPS) is 11.4. The lowest BCUT2D eigenvalue weighted by molar-refractivity contribution is 0.601. The Morgan fingerprint density at radius 3 is 2.44 bits per heavy atom. The van der Waals surface area contributed by atoms with Gasteiger partial charge in [0.15, 0.2) is 0 Å². The molecule has 0 bridgehead atoms. The zero-order chi connectivity index (χ0) is 13.2. The van der Waals surface area contributed by atoms with Gasteiger partial charge >= 0.3 is 0 Å². The highest BCUT2D eigenvalue weighted by atomic mass is 32.2. The summed E-state index contributed by atoms with van der Waals surface area (Å²) in [5.74, 6) is 0. The van der Waals surface area contributed by atoms with E-state index in [2.05, 4.69) is 14.9 Å². The lowest BCUT2D eigenvalue weighted by Gasteiger charge is -2.05. The maximum Gasteiger partial charge on any atom is 0.263 e. The number of aromatic nitrogens is 2. The van der Waals surface area contributed by atoms with Gasteiger partial charge in [-0.25, -0.2) is 8.42 Å². The third-order valence-electron chi connectivity index (χ3n) is 2.22.